The zero-order valence-corrected chi connectivity index (χ0v) is 11.4. The number of nitrogens with zero attached hydrogens (tertiary/aromatic N) is 1. The molecule has 1 rings (SSSR count). The Bertz CT molecular complexity index is 452. The number of nitriles is 1. The van der Waals surface area contributed by atoms with E-state index in [9.17, 15) is 0 Å². The Morgan fingerprint density at radius 2 is 2.17 bits per heavy atom. The lowest BCUT2D eigenvalue weighted by Crippen LogP contribution is -2.11. The van der Waals surface area contributed by atoms with Gasteiger partial charge in [0.2, 0.25) is 0 Å². The molecule has 0 saturated heterocycles. The van der Waals surface area contributed by atoms with Crippen molar-refractivity contribution in [2.45, 2.75) is 20.3 Å². The van der Waals surface area contributed by atoms with Gasteiger partial charge in [-0.25, -0.2) is 0 Å². The van der Waals surface area contributed by atoms with Gasteiger partial charge in [-0.2, -0.15) is 5.26 Å². The Kier molecular flexibility index (Phi) is 6.84. The summed E-state index contributed by atoms with van der Waals surface area (Å²) >= 11 is 0. The summed E-state index contributed by atoms with van der Waals surface area (Å²) in [6, 6.07) is 7.01. The summed E-state index contributed by atoms with van der Waals surface area (Å²) in [5, 5.41) is 16.3. The van der Waals surface area contributed by atoms with Gasteiger partial charge in [-0.15, -0.1) is 12.4 Å². The van der Waals surface area contributed by atoms with Gasteiger partial charge in [0.05, 0.1) is 12.2 Å². The van der Waals surface area contributed by atoms with Crippen LogP contribution in [0.1, 0.15) is 31.4 Å². The van der Waals surface area contributed by atoms with Gasteiger partial charge in [0, 0.05) is 5.56 Å². The second-order valence-corrected chi connectivity index (χ2v) is 4.27. The number of nitrogen functional groups attached to an aromatic ring is 1. The summed E-state index contributed by atoms with van der Waals surface area (Å²) in [5.41, 5.74) is 6.32. The number of halogens is 1. The number of ether oxygens (including phenoxy) is 1. The van der Waals surface area contributed by atoms with E-state index in [0.29, 0.717) is 29.4 Å². The Morgan fingerprint density at radius 1 is 1.50 bits per heavy atom. The van der Waals surface area contributed by atoms with Crippen molar-refractivity contribution in [3.63, 3.8) is 0 Å². The van der Waals surface area contributed by atoms with E-state index >= 15 is 0 Å². The molecule has 0 fully saturated rings. The smallest absolute Gasteiger partial charge is 0.137 e. The van der Waals surface area contributed by atoms with Crippen molar-refractivity contribution in [1.29, 1.82) is 10.7 Å². The van der Waals surface area contributed by atoms with E-state index in [-0.39, 0.29) is 18.2 Å². The minimum absolute atomic E-state index is 0. The number of nitrogens with two attached hydrogens (primary N) is 1. The van der Waals surface area contributed by atoms with Gasteiger partial charge in [0.15, 0.2) is 0 Å². The van der Waals surface area contributed by atoms with Crippen LogP contribution in [0.3, 0.4) is 0 Å². The average molecular weight is 268 g/mol. The summed E-state index contributed by atoms with van der Waals surface area (Å²) in [6.07, 6.45) is 0.944. The molecule has 98 valence electrons. The molecule has 0 atom stereocenters. The second kappa shape index (κ2) is 7.57. The van der Waals surface area contributed by atoms with Crippen molar-refractivity contribution >= 4 is 18.2 Å². The van der Waals surface area contributed by atoms with Gasteiger partial charge in [0.25, 0.3) is 0 Å². The summed E-state index contributed by atoms with van der Waals surface area (Å²) in [4.78, 5) is 0. The molecule has 18 heavy (non-hydrogen) atoms. The summed E-state index contributed by atoms with van der Waals surface area (Å²) in [6.45, 7) is 4.83. The Morgan fingerprint density at radius 3 is 2.67 bits per heavy atom. The van der Waals surface area contributed by atoms with E-state index in [1.54, 1.807) is 18.2 Å². The average Bonchev–Trinajstić information content (AvgIpc) is 2.28. The third kappa shape index (κ3) is 4.64. The monoisotopic (exact) mass is 267 g/mol. The highest BCUT2D eigenvalue weighted by Crippen LogP contribution is 2.19. The van der Waals surface area contributed by atoms with Crippen LogP contribution in [0.2, 0.25) is 0 Å². The molecule has 0 aliphatic heterocycles. The third-order valence-electron chi connectivity index (χ3n) is 2.36. The molecule has 0 amide bonds. The molecule has 0 aliphatic carbocycles. The van der Waals surface area contributed by atoms with E-state index in [1.165, 1.54) is 0 Å². The molecule has 0 spiro atoms. The third-order valence-corrected chi connectivity index (χ3v) is 2.36. The van der Waals surface area contributed by atoms with Crippen LogP contribution in [0.4, 0.5) is 0 Å². The second-order valence-electron chi connectivity index (χ2n) is 4.27. The lowest BCUT2D eigenvalue weighted by Gasteiger charge is -2.10. The van der Waals surface area contributed by atoms with Crippen LogP contribution in [-0.2, 0) is 0 Å². The minimum Gasteiger partial charge on any atom is -0.492 e. The maximum Gasteiger partial charge on any atom is 0.137 e. The van der Waals surface area contributed by atoms with Crippen LogP contribution >= 0.6 is 12.4 Å². The largest absolute Gasteiger partial charge is 0.492 e. The standard InChI is InChI=1S/C13H17N3O.ClH/c1-9(2)5-6-17-12-4-3-10(13(15)16)7-11(12)8-14;/h3-4,7,9H,5-6H2,1-2H3,(H3,15,16);1H. The summed E-state index contributed by atoms with van der Waals surface area (Å²) in [5.74, 6) is 1.07. The predicted octanol–water partition coefficient (Wildman–Crippen LogP) is 2.69. The van der Waals surface area contributed by atoms with Gasteiger partial charge in [-0.1, -0.05) is 13.8 Å². The molecule has 0 bridgehead atoms. The quantitative estimate of drug-likeness (QED) is 0.635. The molecule has 0 aromatic heterocycles. The van der Waals surface area contributed by atoms with Crippen molar-refractivity contribution in [2.75, 3.05) is 6.61 Å². The molecular weight excluding hydrogens is 250 g/mol. The van der Waals surface area contributed by atoms with Crippen LogP contribution in [0.15, 0.2) is 18.2 Å². The van der Waals surface area contributed by atoms with E-state index in [4.69, 9.17) is 21.1 Å². The van der Waals surface area contributed by atoms with Gasteiger partial charge >= 0.3 is 0 Å². The van der Waals surface area contributed by atoms with Gasteiger partial charge in [0.1, 0.15) is 17.7 Å². The molecule has 4 nitrogen and oxygen atoms in total. The number of nitrogens with one attached hydrogen (secondary N) is 1. The highest BCUT2D eigenvalue weighted by molar-refractivity contribution is 5.95. The summed E-state index contributed by atoms with van der Waals surface area (Å²) in [7, 11) is 0. The number of amidine groups is 1. The van der Waals surface area contributed by atoms with Gasteiger partial charge < -0.3 is 10.5 Å². The van der Waals surface area contributed by atoms with Crippen molar-refractivity contribution in [3.05, 3.63) is 29.3 Å². The van der Waals surface area contributed by atoms with E-state index in [2.05, 4.69) is 19.9 Å². The van der Waals surface area contributed by atoms with Gasteiger partial charge in [-0.3, -0.25) is 5.41 Å². The number of hydrogen-bond acceptors (Lipinski definition) is 3. The van der Waals surface area contributed by atoms with Crippen LogP contribution in [0.5, 0.6) is 5.75 Å². The zero-order valence-electron chi connectivity index (χ0n) is 10.6. The number of benzene rings is 1. The molecule has 5 heteroatoms. The Labute approximate surface area is 114 Å². The highest BCUT2D eigenvalue weighted by Gasteiger charge is 2.06. The Hall–Kier alpha value is -1.73. The molecule has 3 N–H and O–H groups in total. The first kappa shape index (κ1) is 16.3. The zero-order chi connectivity index (χ0) is 12.8. The van der Waals surface area contributed by atoms with Crippen LogP contribution in [0, 0.1) is 22.7 Å². The van der Waals surface area contributed by atoms with E-state index < -0.39 is 0 Å². The van der Waals surface area contributed by atoms with Crippen LogP contribution in [-0.4, -0.2) is 12.4 Å². The Balaban J connectivity index is 0.00000289. The van der Waals surface area contributed by atoms with E-state index in [1.807, 2.05) is 0 Å². The fraction of sp³-hybridized carbons (Fsp3) is 0.385. The summed E-state index contributed by atoms with van der Waals surface area (Å²) < 4.78 is 5.54. The van der Waals surface area contributed by atoms with Crippen molar-refractivity contribution in [3.8, 4) is 11.8 Å². The minimum atomic E-state index is -0.0461. The fourth-order valence-electron chi connectivity index (χ4n) is 1.32. The van der Waals surface area contributed by atoms with E-state index in [0.717, 1.165) is 6.42 Å². The number of rotatable bonds is 5. The molecule has 1 aromatic rings. The molecule has 0 aliphatic rings. The lowest BCUT2D eigenvalue weighted by atomic mass is 10.1. The molecule has 0 saturated carbocycles. The molecule has 0 unspecified atom stereocenters. The van der Waals surface area contributed by atoms with Crippen LogP contribution < -0.4 is 10.5 Å². The molecule has 0 radical (unpaired) electrons. The van der Waals surface area contributed by atoms with Crippen molar-refractivity contribution in [2.24, 2.45) is 11.7 Å². The number of hydrogen-bond donors (Lipinski definition) is 2. The maximum absolute atomic E-state index is 8.99. The molecule has 1 aromatic carbocycles. The normalized spacial score (nSPS) is 9.44. The molecule has 0 heterocycles. The van der Waals surface area contributed by atoms with Crippen LogP contribution in [0.25, 0.3) is 0 Å². The maximum atomic E-state index is 8.99. The first-order valence-corrected chi connectivity index (χ1v) is 5.56. The highest BCUT2D eigenvalue weighted by atomic mass is 35.5. The fourth-order valence-corrected chi connectivity index (χ4v) is 1.32. The van der Waals surface area contributed by atoms with Crippen molar-refractivity contribution < 1.29 is 4.74 Å². The SMILES string of the molecule is CC(C)CCOc1ccc(C(=N)N)cc1C#N.Cl. The van der Waals surface area contributed by atoms with Crippen molar-refractivity contribution in [1.82, 2.24) is 0 Å². The first-order valence-electron chi connectivity index (χ1n) is 5.56. The topological polar surface area (TPSA) is 82.9 Å². The first-order chi connectivity index (χ1) is 8.04. The predicted molar refractivity (Wildman–Crippen MR) is 74.4 cm³/mol. The molecular formula is C13H18ClN3O. The lowest BCUT2D eigenvalue weighted by molar-refractivity contribution is 0.289. The van der Waals surface area contributed by atoms with Gasteiger partial charge in [-0.05, 0) is 30.5 Å².